The zero-order valence-corrected chi connectivity index (χ0v) is 13.0. The maximum Gasteiger partial charge on any atom is 0.261 e. The van der Waals surface area contributed by atoms with Gasteiger partial charge in [0.05, 0.1) is 0 Å². The summed E-state index contributed by atoms with van der Waals surface area (Å²) in [5.74, 6) is 2.38. The summed E-state index contributed by atoms with van der Waals surface area (Å²) in [7, 11) is 0. The number of benzene rings is 1. The minimum absolute atomic E-state index is 0.0524. The van der Waals surface area contributed by atoms with Crippen molar-refractivity contribution in [2.24, 2.45) is 11.8 Å². The van der Waals surface area contributed by atoms with E-state index >= 15 is 0 Å². The molecule has 3 rings (SSSR count). The van der Waals surface area contributed by atoms with E-state index in [1.54, 1.807) is 0 Å². The quantitative estimate of drug-likeness (QED) is 0.900. The lowest BCUT2D eigenvalue weighted by atomic mass is 9.95. The summed E-state index contributed by atoms with van der Waals surface area (Å²) >= 11 is 0. The minimum Gasteiger partial charge on any atom is -0.481 e. The maximum absolute atomic E-state index is 12.5. The molecule has 0 aromatic heterocycles. The first kappa shape index (κ1) is 14.4. The third kappa shape index (κ3) is 3.22. The largest absolute Gasteiger partial charge is 0.481 e. The van der Waals surface area contributed by atoms with Crippen LogP contribution in [0.2, 0.25) is 0 Å². The van der Waals surface area contributed by atoms with Gasteiger partial charge in [-0.2, -0.15) is 0 Å². The van der Waals surface area contributed by atoms with Crippen LogP contribution in [0.3, 0.4) is 0 Å². The number of hydrogen-bond acceptors (Lipinski definition) is 2. The number of aryl methyl sites for hydroxylation is 1. The molecule has 3 heteroatoms. The Labute approximate surface area is 127 Å². The van der Waals surface area contributed by atoms with Crippen molar-refractivity contribution in [1.82, 2.24) is 5.32 Å². The van der Waals surface area contributed by atoms with E-state index in [1.807, 2.05) is 38.1 Å². The fourth-order valence-electron chi connectivity index (χ4n) is 3.87. The van der Waals surface area contributed by atoms with Gasteiger partial charge in [0.15, 0.2) is 6.10 Å². The van der Waals surface area contributed by atoms with Crippen molar-refractivity contribution in [3.8, 4) is 5.75 Å². The van der Waals surface area contributed by atoms with Gasteiger partial charge in [0.25, 0.3) is 5.91 Å². The van der Waals surface area contributed by atoms with Gasteiger partial charge in [0.1, 0.15) is 5.75 Å². The normalized spacial score (nSPS) is 28.4. The SMILES string of the molecule is CC[C@@H](Oc1cccc(C)c1)C(=O)N[C@@H]1C[C@@H]2CC[C@@H]1C2. The standard InChI is InChI=1S/C18H25NO2/c1-3-17(21-15-6-4-5-12(2)9-15)18(20)19-16-11-13-7-8-14(16)10-13/h4-6,9,13-14,16-17H,3,7-8,10-11H2,1-2H3,(H,19,20)/t13-,14-,16-,17-/m1/s1. The van der Waals surface area contributed by atoms with E-state index in [0.717, 1.165) is 23.7 Å². The number of hydrogen-bond donors (Lipinski definition) is 1. The van der Waals surface area contributed by atoms with Crippen LogP contribution in [0.15, 0.2) is 24.3 Å². The van der Waals surface area contributed by atoms with Gasteiger partial charge in [-0.15, -0.1) is 0 Å². The molecule has 1 N–H and O–H groups in total. The van der Waals surface area contributed by atoms with Gasteiger partial charge in [0.2, 0.25) is 0 Å². The van der Waals surface area contributed by atoms with Crippen molar-refractivity contribution in [3.05, 3.63) is 29.8 Å². The number of rotatable bonds is 5. The highest BCUT2D eigenvalue weighted by atomic mass is 16.5. The summed E-state index contributed by atoms with van der Waals surface area (Å²) in [5, 5.41) is 3.23. The van der Waals surface area contributed by atoms with Crippen molar-refractivity contribution in [2.75, 3.05) is 0 Å². The lowest BCUT2D eigenvalue weighted by Crippen LogP contribution is -2.45. The molecule has 0 unspecified atom stereocenters. The zero-order valence-electron chi connectivity index (χ0n) is 13.0. The summed E-state index contributed by atoms with van der Waals surface area (Å²) in [6, 6.07) is 8.27. The third-order valence-corrected chi connectivity index (χ3v) is 5.00. The van der Waals surface area contributed by atoms with Gasteiger partial charge in [-0.1, -0.05) is 25.5 Å². The molecular formula is C18H25NO2. The average molecular weight is 287 g/mol. The van der Waals surface area contributed by atoms with E-state index in [-0.39, 0.29) is 12.0 Å². The third-order valence-electron chi connectivity index (χ3n) is 5.00. The van der Waals surface area contributed by atoms with Crippen LogP contribution in [0.1, 0.15) is 44.6 Å². The molecule has 0 aliphatic heterocycles. The zero-order chi connectivity index (χ0) is 14.8. The minimum atomic E-state index is -0.383. The summed E-state index contributed by atoms with van der Waals surface area (Å²) in [4.78, 5) is 12.5. The molecule has 2 fully saturated rings. The fourth-order valence-corrected chi connectivity index (χ4v) is 3.87. The van der Waals surface area contributed by atoms with Gasteiger partial charge in [-0.25, -0.2) is 0 Å². The molecule has 1 aromatic carbocycles. The van der Waals surface area contributed by atoms with Crippen molar-refractivity contribution in [3.63, 3.8) is 0 Å². The second-order valence-electron chi connectivity index (χ2n) is 6.62. The van der Waals surface area contributed by atoms with E-state index < -0.39 is 0 Å². The van der Waals surface area contributed by atoms with Crippen LogP contribution >= 0.6 is 0 Å². The molecule has 4 atom stereocenters. The Hall–Kier alpha value is -1.51. The first-order chi connectivity index (χ1) is 10.2. The van der Waals surface area contributed by atoms with Crippen LogP contribution in [-0.2, 0) is 4.79 Å². The first-order valence-corrected chi connectivity index (χ1v) is 8.19. The number of ether oxygens (including phenoxy) is 1. The van der Waals surface area contributed by atoms with Crippen LogP contribution in [0.25, 0.3) is 0 Å². The molecule has 1 amide bonds. The highest BCUT2D eigenvalue weighted by molar-refractivity contribution is 5.81. The fraction of sp³-hybridized carbons (Fsp3) is 0.611. The first-order valence-electron chi connectivity index (χ1n) is 8.19. The van der Waals surface area contributed by atoms with Crippen molar-refractivity contribution in [2.45, 2.75) is 58.1 Å². The van der Waals surface area contributed by atoms with Gasteiger partial charge >= 0.3 is 0 Å². The van der Waals surface area contributed by atoms with Crippen LogP contribution in [0, 0.1) is 18.8 Å². The Kier molecular flexibility index (Phi) is 4.18. The average Bonchev–Trinajstić information content (AvgIpc) is 3.07. The van der Waals surface area contributed by atoms with Crippen molar-refractivity contribution >= 4 is 5.91 Å². The van der Waals surface area contributed by atoms with Gasteiger partial charge in [0, 0.05) is 6.04 Å². The van der Waals surface area contributed by atoms with Gasteiger partial charge in [-0.3, -0.25) is 4.79 Å². The molecule has 0 spiro atoms. The smallest absolute Gasteiger partial charge is 0.261 e. The maximum atomic E-state index is 12.5. The van der Waals surface area contributed by atoms with Crippen LogP contribution < -0.4 is 10.1 Å². The second-order valence-corrected chi connectivity index (χ2v) is 6.62. The molecule has 3 nitrogen and oxygen atoms in total. The molecule has 2 saturated carbocycles. The molecule has 2 aliphatic rings. The predicted molar refractivity (Wildman–Crippen MR) is 83.3 cm³/mol. The topological polar surface area (TPSA) is 38.3 Å². The Balaban J connectivity index is 1.59. The van der Waals surface area contributed by atoms with Crippen LogP contribution in [0.5, 0.6) is 5.75 Å². The lowest BCUT2D eigenvalue weighted by molar-refractivity contribution is -0.129. The van der Waals surface area contributed by atoms with E-state index in [4.69, 9.17) is 4.74 Å². The number of nitrogens with one attached hydrogen (secondary N) is 1. The number of fused-ring (bicyclic) bond motifs is 2. The molecule has 1 aromatic rings. The Bertz CT molecular complexity index is 514. The molecule has 0 saturated heterocycles. The summed E-state index contributed by atoms with van der Waals surface area (Å²) in [5.41, 5.74) is 1.15. The predicted octanol–water partition coefficient (Wildman–Crippen LogP) is 3.46. The summed E-state index contributed by atoms with van der Waals surface area (Å²) in [6.07, 6.45) is 5.42. The monoisotopic (exact) mass is 287 g/mol. The van der Waals surface area contributed by atoms with Crippen molar-refractivity contribution in [1.29, 1.82) is 0 Å². The van der Waals surface area contributed by atoms with Crippen LogP contribution in [-0.4, -0.2) is 18.1 Å². The Morgan fingerprint density at radius 2 is 2.24 bits per heavy atom. The summed E-state index contributed by atoms with van der Waals surface area (Å²) < 4.78 is 5.88. The van der Waals surface area contributed by atoms with Crippen LogP contribution in [0.4, 0.5) is 0 Å². The Morgan fingerprint density at radius 3 is 2.86 bits per heavy atom. The van der Waals surface area contributed by atoms with Gasteiger partial charge in [-0.05, 0) is 62.1 Å². The number of carbonyl (C=O) groups is 1. The van der Waals surface area contributed by atoms with E-state index in [9.17, 15) is 4.79 Å². The van der Waals surface area contributed by atoms with E-state index in [1.165, 1.54) is 19.3 Å². The molecular weight excluding hydrogens is 262 g/mol. The highest BCUT2D eigenvalue weighted by Gasteiger charge is 2.40. The molecule has 0 heterocycles. The number of amides is 1. The molecule has 0 radical (unpaired) electrons. The van der Waals surface area contributed by atoms with Crippen molar-refractivity contribution < 1.29 is 9.53 Å². The molecule has 2 aliphatic carbocycles. The van der Waals surface area contributed by atoms with E-state index in [2.05, 4.69) is 5.32 Å². The van der Waals surface area contributed by atoms with E-state index in [0.29, 0.717) is 18.4 Å². The molecule has 21 heavy (non-hydrogen) atoms. The summed E-state index contributed by atoms with van der Waals surface area (Å²) in [6.45, 7) is 4.03. The Morgan fingerprint density at radius 1 is 1.38 bits per heavy atom. The molecule has 114 valence electrons. The highest BCUT2D eigenvalue weighted by Crippen LogP contribution is 2.44. The second kappa shape index (κ2) is 6.08. The van der Waals surface area contributed by atoms with Gasteiger partial charge < -0.3 is 10.1 Å². The lowest BCUT2D eigenvalue weighted by Gasteiger charge is -2.25. The number of carbonyl (C=O) groups excluding carboxylic acids is 1. The molecule has 2 bridgehead atoms.